The molecule has 2 fully saturated rings. The minimum absolute atomic E-state index is 0.696. The molecule has 0 bridgehead atoms. The van der Waals surface area contributed by atoms with Crippen molar-refractivity contribution in [3.05, 3.63) is 18.0 Å². The zero-order chi connectivity index (χ0) is 10.1. The highest BCUT2D eigenvalue weighted by molar-refractivity contribution is 5.11. The Morgan fingerprint density at radius 1 is 1.27 bits per heavy atom. The molecule has 1 atom stereocenters. The van der Waals surface area contributed by atoms with Crippen molar-refractivity contribution in [1.82, 2.24) is 15.1 Å². The molecule has 82 valence electrons. The van der Waals surface area contributed by atoms with Crippen LogP contribution in [0.25, 0.3) is 0 Å². The first-order valence-corrected chi connectivity index (χ1v) is 6.19. The van der Waals surface area contributed by atoms with Crippen LogP contribution in [-0.4, -0.2) is 22.9 Å². The zero-order valence-electron chi connectivity index (χ0n) is 9.15. The number of aromatic nitrogens is 2. The average molecular weight is 205 g/mol. The maximum atomic E-state index is 4.50. The predicted octanol–water partition coefficient (Wildman–Crippen LogP) is 2.08. The third-order valence-electron chi connectivity index (χ3n) is 3.84. The van der Waals surface area contributed by atoms with Crippen molar-refractivity contribution >= 4 is 0 Å². The molecule has 2 aliphatic rings. The van der Waals surface area contributed by atoms with Gasteiger partial charge in [-0.3, -0.25) is 4.68 Å². The van der Waals surface area contributed by atoms with Crippen molar-refractivity contribution in [2.75, 3.05) is 13.1 Å². The Labute approximate surface area is 90.9 Å². The molecule has 1 unspecified atom stereocenters. The molecular weight excluding hydrogens is 186 g/mol. The molecule has 0 radical (unpaired) electrons. The molecule has 1 aliphatic carbocycles. The fourth-order valence-electron chi connectivity index (χ4n) is 2.69. The summed E-state index contributed by atoms with van der Waals surface area (Å²) in [6.07, 6.45) is 8.64. The Kier molecular flexibility index (Phi) is 2.49. The SMILES string of the molecule is c1cc(C2CCCNC2)n(C2CCC2)n1. The van der Waals surface area contributed by atoms with Crippen molar-refractivity contribution in [2.45, 2.75) is 44.1 Å². The highest BCUT2D eigenvalue weighted by Gasteiger charge is 2.25. The van der Waals surface area contributed by atoms with Crippen LogP contribution in [0, 0.1) is 0 Å². The average Bonchev–Trinajstić information content (AvgIpc) is 2.65. The molecule has 3 heteroatoms. The Morgan fingerprint density at radius 2 is 2.20 bits per heavy atom. The molecule has 3 rings (SSSR count). The largest absolute Gasteiger partial charge is 0.316 e. The third-order valence-corrected chi connectivity index (χ3v) is 3.84. The van der Waals surface area contributed by atoms with E-state index in [0.717, 1.165) is 6.54 Å². The molecule has 0 amide bonds. The van der Waals surface area contributed by atoms with E-state index in [1.807, 2.05) is 6.20 Å². The summed E-state index contributed by atoms with van der Waals surface area (Å²) in [6.45, 7) is 2.33. The molecule has 0 aromatic carbocycles. The standard InChI is InChI=1S/C12H19N3/c1-4-11(5-1)15-12(6-8-14-15)10-3-2-7-13-9-10/h6,8,10-11,13H,1-5,7,9H2. The summed E-state index contributed by atoms with van der Waals surface area (Å²) in [4.78, 5) is 0. The van der Waals surface area contributed by atoms with Crippen LogP contribution in [0.5, 0.6) is 0 Å². The number of nitrogens with one attached hydrogen (secondary N) is 1. The summed E-state index contributed by atoms with van der Waals surface area (Å²) in [7, 11) is 0. The lowest BCUT2D eigenvalue weighted by Gasteiger charge is -2.31. The second-order valence-electron chi connectivity index (χ2n) is 4.83. The van der Waals surface area contributed by atoms with E-state index in [1.165, 1.54) is 44.3 Å². The van der Waals surface area contributed by atoms with E-state index in [2.05, 4.69) is 21.2 Å². The van der Waals surface area contributed by atoms with Crippen LogP contribution in [0.2, 0.25) is 0 Å². The van der Waals surface area contributed by atoms with E-state index >= 15 is 0 Å². The predicted molar refractivity (Wildman–Crippen MR) is 60.0 cm³/mol. The fourth-order valence-corrected chi connectivity index (χ4v) is 2.69. The number of hydrogen-bond acceptors (Lipinski definition) is 2. The van der Waals surface area contributed by atoms with Crippen molar-refractivity contribution in [3.63, 3.8) is 0 Å². The third kappa shape index (κ3) is 1.69. The lowest BCUT2D eigenvalue weighted by Crippen LogP contribution is -2.31. The van der Waals surface area contributed by atoms with Gasteiger partial charge in [-0.2, -0.15) is 5.10 Å². The van der Waals surface area contributed by atoms with Crippen molar-refractivity contribution in [3.8, 4) is 0 Å². The van der Waals surface area contributed by atoms with Gasteiger partial charge in [0.05, 0.1) is 6.04 Å². The summed E-state index contributed by atoms with van der Waals surface area (Å²) in [5.74, 6) is 0.696. The molecule has 1 N–H and O–H groups in total. The van der Waals surface area contributed by atoms with Crippen LogP contribution in [0.4, 0.5) is 0 Å². The van der Waals surface area contributed by atoms with Crippen molar-refractivity contribution in [1.29, 1.82) is 0 Å². The molecule has 1 saturated carbocycles. The summed E-state index contributed by atoms with van der Waals surface area (Å²) in [5.41, 5.74) is 1.46. The molecule has 15 heavy (non-hydrogen) atoms. The van der Waals surface area contributed by atoms with Gasteiger partial charge in [0.15, 0.2) is 0 Å². The fraction of sp³-hybridized carbons (Fsp3) is 0.750. The topological polar surface area (TPSA) is 29.9 Å². The van der Waals surface area contributed by atoms with E-state index in [0.29, 0.717) is 12.0 Å². The Balaban J connectivity index is 1.80. The lowest BCUT2D eigenvalue weighted by molar-refractivity contribution is 0.273. The molecule has 1 aromatic heterocycles. The summed E-state index contributed by atoms with van der Waals surface area (Å²) >= 11 is 0. The summed E-state index contributed by atoms with van der Waals surface area (Å²) < 4.78 is 2.29. The van der Waals surface area contributed by atoms with Crippen molar-refractivity contribution < 1.29 is 0 Å². The monoisotopic (exact) mass is 205 g/mol. The molecule has 2 heterocycles. The number of rotatable bonds is 2. The zero-order valence-corrected chi connectivity index (χ0v) is 9.15. The van der Waals surface area contributed by atoms with E-state index in [1.54, 1.807) is 0 Å². The Bertz CT molecular complexity index is 321. The van der Waals surface area contributed by atoms with Crippen LogP contribution in [-0.2, 0) is 0 Å². The molecule has 1 saturated heterocycles. The smallest absolute Gasteiger partial charge is 0.0522 e. The van der Waals surface area contributed by atoms with Crippen molar-refractivity contribution in [2.24, 2.45) is 0 Å². The molecule has 1 aromatic rings. The highest BCUT2D eigenvalue weighted by Crippen LogP contribution is 2.34. The van der Waals surface area contributed by atoms with Gasteiger partial charge in [-0.25, -0.2) is 0 Å². The van der Waals surface area contributed by atoms with E-state index in [4.69, 9.17) is 0 Å². The first-order chi connectivity index (χ1) is 7.45. The van der Waals surface area contributed by atoms with Gasteiger partial charge in [0.25, 0.3) is 0 Å². The van der Waals surface area contributed by atoms with E-state index in [-0.39, 0.29) is 0 Å². The maximum absolute atomic E-state index is 4.50. The second kappa shape index (κ2) is 3.97. The Morgan fingerprint density at radius 3 is 2.87 bits per heavy atom. The van der Waals surface area contributed by atoms with Crippen LogP contribution in [0.3, 0.4) is 0 Å². The highest BCUT2D eigenvalue weighted by atomic mass is 15.3. The quantitative estimate of drug-likeness (QED) is 0.801. The summed E-state index contributed by atoms with van der Waals surface area (Å²) in [5, 5.41) is 7.99. The Hall–Kier alpha value is -0.830. The van der Waals surface area contributed by atoms with Gasteiger partial charge in [-0.1, -0.05) is 0 Å². The normalized spacial score (nSPS) is 27.6. The van der Waals surface area contributed by atoms with E-state index < -0.39 is 0 Å². The van der Waals surface area contributed by atoms with Gasteiger partial charge in [-0.15, -0.1) is 0 Å². The molecule has 3 nitrogen and oxygen atoms in total. The second-order valence-corrected chi connectivity index (χ2v) is 4.83. The van der Waals surface area contributed by atoms with Gasteiger partial charge in [0, 0.05) is 24.4 Å². The van der Waals surface area contributed by atoms with E-state index in [9.17, 15) is 0 Å². The molecular formula is C12H19N3. The van der Waals surface area contributed by atoms with Gasteiger partial charge in [-0.05, 0) is 44.7 Å². The number of nitrogens with zero attached hydrogens (tertiary/aromatic N) is 2. The minimum atomic E-state index is 0.696. The number of hydrogen-bond donors (Lipinski definition) is 1. The minimum Gasteiger partial charge on any atom is -0.316 e. The molecule has 0 spiro atoms. The van der Waals surface area contributed by atoms with Crippen LogP contribution < -0.4 is 5.32 Å². The van der Waals surface area contributed by atoms with Gasteiger partial charge < -0.3 is 5.32 Å². The summed E-state index contributed by atoms with van der Waals surface area (Å²) in [6, 6.07) is 2.92. The maximum Gasteiger partial charge on any atom is 0.0522 e. The lowest BCUT2D eigenvalue weighted by atomic mass is 9.91. The van der Waals surface area contributed by atoms with Gasteiger partial charge >= 0.3 is 0 Å². The van der Waals surface area contributed by atoms with Gasteiger partial charge in [0.2, 0.25) is 0 Å². The van der Waals surface area contributed by atoms with Crippen LogP contribution in [0.15, 0.2) is 12.3 Å². The van der Waals surface area contributed by atoms with Gasteiger partial charge in [0.1, 0.15) is 0 Å². The molecule has 1 aliphatic heterocycles. The number of piperidine rings is 1. The first kappa shape index (κ1) is 9.40. The van der Waals surface area contributed by atoms with Crippen LogP contribution >= 0.6 is 0 Å². The van der Waals surface area contributed by atoms with Crippen LogP contribution in [0.1, 0.15) is 49.8 Å². The first-order valence-electron chi connectivity index (χ1n) is 6.19.